The Bertz CT molecular complexity index is 599. The van der Waals surface area contributed by atoms with E-state index in [9.17, 15) is 0 Å². The van der Waals surface area contributed by atoms with E-state index in [0.717, 1.165) is 36.0 Å². The number of nitrogen functional groups attached to an aromatic ring is 1. The highest BCUT2D eigenvalue weighted by atomic mass is 16.2. The Kier molecular flexibility index (Phi) is 3.74. The molecule has 0 amide bonds. The number of aromatic nitrogens is 1. The quantitative estimate of drug-likeness (QED) is 0.839. The first-order chi connectivity index (χ1) is 9.81. The largest absolute Gasteiger partial charge is 0.397 e. The van der Waals surface area contributed by atoms with E-state index >= 15 is 0 Å². The van der Waals surface area contributed by atoms with Crippen molar-refractivity contribution in [3.63, 3.8) is 0 Å². The number of fused-ring (bicyclic) bond motifs is 1. The van der Waals surface area contributed by atoms with Crippen LogP contribution in [0, 0.1) is 0 Å². The lowest BCUT2D eigenvalue weighted by molar-refractivity contribution is 0.279. The van der Waals surface area contributed by atoms with Crippen molar-refractivity contribution in [1.29, 1.82) is 0 Å². The van der Waals surface area contributed by atoms with Gasteiger partial charge in [0.05, 0.1) is 11.2 Å². The van der Waals surface area contributed by atoms with Gasteiger partial charge in [-0.1, -0.05) is 12.1 Å². The molecule has 1 atom stereocenters. The zero-order chi connectivity index (χ0) is 13.9. The minimum absolute atomic E-state index is 0.272. The Morgan fingerprint density at radius 3 is 3.10 bits per heavy atom. The van der Waals surface area contributed by atoms with Crippen LogP contribution >= 0.6 is 0 Å². The molecule has 4 heteroatoms. The van der Waals surface area contributed by atoms with Crippen LogP contribution in [0.2, 0.25) is 0 Å². The van der Waals surface area contributed by atoms with Crippen LogP contribution in [0.15, 0.2) is 30.5 Å². The Labute approximate surface area is 119 Å². The average molecular weight is 271 g/mol. The summed E-state index contributed by atoms with van der Waals surface area (Å²) in [6, 6.07) is 8.58. The van der Waals surface area contributed by atoms with Gasteiger partial charge >= 0.3 is 0 Å². The van der Waals surface area contributed by atoms with Crippen molar-refractivity contribution in [2.45, 2.75) is 31.7 Å². The molecule has 3 rings (SSSR count). The second-order valence-electron chi connectivity index (χ2n) is 5.43. The molecule has 20 heavy (non-hydrogen) atoms. The minimum atomic E-state index is 0.272. The summed E-state index contributed by atoms with van der Waals surface area (Å²) >= 11 is 0. The normalized spacial score (nSPS) is 18.9. The summed E-state index contributed by atoms with van der Waals surface area (Å²) in [5.74, 6) is 0. The van der Waals surface area contributed by atoms with Crippen molar-refractivity contribution in [3.8, 4) is 0 Å². The number of hydrogen-bond acceptors (Lipinski definition) is 4. The van der Waals surface area contributed by atoms with Crippen LogP contribution in [0.4, 0.5) is 11.4 Å². The van der Waals surface area contributed by atoms with Gasteiger partial charge in [-0.25, -0.2) is 0 Å². The molecule has 1 fully saturated rings. The van der Waals surface area contributed by atoms with Crippen LogP contribution in [0.1, 0.15) is 25.7 Å². The molecule has 2 aromatic rings. The number of para-hydroxylation sites is 1. The molecule has 0 aliphatic carbocycles. The van der Waals surface area contributed by atoms with Crippen LogP contribution in [-0.2, 0) is 0 Å². The van der Waals surface area contributed by atoms with Crippen LogP contribution in [-0.4, -0.2) is 29.3 Å². The van der Waals surface area contributed by atoms with E-state index in [0.29, 0.717) is 6.04 Å². The summed E-state index contributed by atoms with van der Waals surface area (Å²) in [4.78, 5) is 6.87. The number of anilines is 2. The first-order valence-corrected chi connectivity index (χ1v) is 7.32. The lowest BCUT2D eigenvalue weighted by atomic mass is 10.1. The maximum absolute atomic E-state index is 9.05. The van der Waals surface area contributed by atoms with Crippen molar-refractivity contribution in [1.82, 2.24) is 4.98 Å². The first-order valence-electron chi connectivity index (χ1n) is 7.32. The van der Waals surface area contributed by atoms with Crippen molar-refractivity contribution >= 4 is 22.3 Å². The highest BCUT2D eigenvalue weighted by Crippen LogP contribution is 2.34. The predicted molar refractivity (Wildman–Crippen MR) is 82.8 cm³/mol. The topological polar surface area (TPSA) is 62.4 Å². The molecule has 1 aromatic carbocycles. The molecule has 1 aromatic heterocycles. The van der Waals surface area contributed by atoms with E-state index in [4.69, 9.17) is 10.8 Å². The zero-order valence-electron chi connectivity index (χ0n) is 11.6. The van der Waals surface area contributed by atoms with Gasteiger partial charge < -0.3 is 15.7 Å². The summed E-state index contributed by atoms with van der Waals surface area (Å²) in [6.45, 7) is 1.35. The van der Waals surface area contributed by atoms with E-state index in [-0.39, 0.29) is 6.61 Å². The molecule has 4 nitrogen and oxygen atoms in total. The third-order valence-corrected chi connectivity index (χ3v) is 4.16. The number of benzene rings is 1. The summed E-state index contributed by atoms with van der Waals surface area (Å²) in [5.41, 5.74) is 8.87. The minimum Gasteiger partial charge on any atom is -0.397 e. The van der Waals surface area contributed by atoms with Gasteiger partial charge in [0.15, 0.2) is 0 Å². The highest BCUT2D eigenvalue weighted by molar-refractivity contribution is 5.98. The van der Waals surface area contributed by atoms with Crippen molar-refractivity contribution in [3.05, 3.63) is 30.5 Å². The fourth-order valence-corrected chi connectivity index (χ4v) is 3.21. The van der Waals surface area contributed by atoms with Gasteiger partial charge in [0, 0.05) is 36.5 Å². The number of aliphatic hydroxyl groups is 1. The van der Waals surface area contributed by atoms with Gasteiger partial charge in [-0.05, 0) is 37.8 Å². The van der Waals surface area contributed by atoms with Gasteiger partial charge in [-0.3, -0.25) is 4.98 Å². The predicted octanol–water partition coefficient (Wildman–Crippen LogP) is 2.56. The van der Waals surface area contributed by atoms with Gasteiger partial charge in [-0.15, -0.1) is 0 Å². The molecular weight excluding hydrogens is 250 g/mol. The molecule has 2 heterocycles. The van der Waals surface area contributed by atoms with E-state index in [2.05, 4.69) is 22.0 Å². The second kappa shape index (κ2) is 5.67. The van der Waals surface area contributed by atoms with Crippen LogP contribution < -0.4 is 10.6 Å². The van der Waals surface area contributed by atoms with E-state index in [1.807, 2.05) is 18.3 Å². The van der Waals surface area contributed by atoms with Gasteiger partial charge in [0.2, 0.25) is 0 Å². The Morgan fingerprint density at radius 2 is 2.25 bits per heavy atom. The molecule has 0 bridgehead atoms. The van der Waals surface area contributed by atoms with E-state index in [1.54, 1.807) is 0 Å². The number of aliphatic hydroxyl groups excluding tert-OH is 1. The maximum atomic E-state index is 9.05. The molecule has 0 radical (unpaired) electrons. The number of nitrogens with two attached hydrogens (primary N) is 1. The molecule has 1 aliphatic rings. The Morgan fingerprint density at radius 1 is 1.35 bits per heavy atom. The van der Waals surface area contributed by atoms with E-state index < -0.39 is 0 Å². The second-order valence-corrected chi connectivity index (χ2v) is 5.43. The lowest BCUT2D eigenvalue weighted by Crippen LogP contribution is -2.29. The first kappa shape index (κ1) is 13.2. The number of pyridine rings is 1. The molecule has 3 N–H and O–H groups in total. The van der Waals surface area contributed by atoms with Crippen molar-refractivity contribution < 1.29 is 5.11 Å². The molecule has 1 unspecified atom stereocenters. The number of rotatable bonds is 4. The van der Waals surface area contributed by atoms with Gasteiger partial charge in [0.25, 0.3) is 0 Å². The Balaban J connectivity index is 1.99. The molecule has 0 spiro atoms. The Hall–Kier alpha value is -1.81. The van der Waals surface area contributed by atoms with Crippen molar-refractivity contribution in [2.24, 2.45) is 0 Å². The summed E-state index contributed by atoms with van der Waals surface area (Å²) in [5, 5.41) is 10.2. The molecule has 0 saturated carbocycles. The molecule has 1 saturated heterocycles. The number of nitrogens with zero attached hydrogens (tertiary/aromatic N) is 2. The average Bonchev–Trinajstić information content (AvgIpc) is 2.93. The summed E-state index contributed by atoms with van der Waals surface area (Å²) in [6.07, 6.45) is 6.17. The monoisotopic (exact) mass is 271 g/mol. The summed E-state index contributed by atoms with van der Waals surface area (Å²) < 4.78 is 0. The fourth-order valence-electron chi connectivity index (χ4n) is 3.21. The third kappa shape index (κ3) is 2.31. The SMILES string of the molecule is Nc1cccc2c(N3CCCC3CCCO)ccnc12. The molecule has 1 aliphatic heterocycles. The van der Waals surface area contributed by atoms with E-state index in [1.165, 1.54) is 18.5 Å². The van der Waals surface area contributed by atoms with Gasteiger partial charge in [0.1, 0.15) is 0 Å². The third-order valence-electron chi connectivity index (χ3n) is 4.16. The maximum Gasteiger partial charge on any atom is 0.0951 e. The lowest BCUT2D eigenvalue weighted by Gasteiger charge is -2.28. The molecular formula is C16H21N3O. The van der Waals surface area contributed by atoms with Crippen LogP contribution in [0.3, 0.4) is 0 Å². The smallest absolute Gasteiger partial charge is 0.0951 e. The van der Waals surface area contributed by atoms with Crippen LogP contribution in [0.25, 0.3) is 10.9 Å². The summed E-state index contributed by atoms with van der Waals surface area (Å²) in [7, 11) is 0. The van der Waals surface area contributed by atoms with Gasteiger partial charge in [-0.2, -0.15) is 0 Å². The zero-order valence-corrected chi connectivity index (χ0v) is 11.6. The molecule has 106 valence electrons. The van der Waals surface area contributed by atoms with Crippen molar-refractivity contribution in [2.75, 3.05) is 23.8 Å². The standard InChI is InChI=1S/C16H21N3O/c17-14-7-1-6-13-15(8-9-18-16(13)14)19-10-2-4-12(19)5-3-11-20/h1,6-9,12,20H,2-5,10-11,17H2. The number of hydrogen-bond donors (Lipinski definition) is 2. The highest BCUT2D eigenvalue weighted by Gasteiger charge is 2.25. The van der Waals surface area contributed by atoms with Crippen LogP contribution in [0.5, 0.6) is 0 Å². The fraction of sp³-hybridized carbons (Fsp3) is 0.438.